The normalized spacial score (nSPS) is 16.3. The van der Waals surface area contributed by atoms with Gasteiger partial charge in [0.05, 0.1) is 6.04 Å². The molecule has 2 heteroatoms. The number of ether oxygens (including phenoxy) is 1. The molecule has 1 saturated carbocycles. The van der Waals surface area contributed by atoms with E-state index in [-0.39, 0.29) is 0 Å². The van der Waals surface area contributed by atoms with E-state index in [2.05, 4.69) is 53.8 Å². The topological polar surface area (TPSA) is 25.8 Å². The quantitative estimate of drug-likeness (QED) is 0.835. The highest BCUT2D eigenvalue weighted by Crippen LogP contribution is 2.19. The molecule has 24 heavy (non-hydrogen) atoms. The molecule has 2 aromatic rings. The Morgan fingerprint density at radius 2 is 1.46 bits per heavy atom. The summed E-state index contributed by atoms with van der Waals surface area (Å²) in [6.45, 7) is 1.66. The van der Waals surface area contributed by atoms with E-state index in [1.807, 2.05) is 6.07 Å². The first-order valence-corrected chi connectivity index (χ1v) is 9.50. The summed E-state index contributed by atoms with van der Waals surface area (Å²) >= 11 is 0. The van der Waals surface area contributed by atoms with Crippen LogP contribution in [0.5, 0.6) is 5.75 Å². The van der Waals surface area contributed by atoms with Crippen LogP contribution >= 0.6 is 0 Å². The Labute approximate surface area is 146 Å². The third-order valence-electron chi connectivity index (χ3n) is 5.03. The highest BCUT2D eigenvalue weighted by molar-refractivity contribution is 5.32. The molecule has 0 aliphatic heterocycles. The summed E-state index contributed by atoms with van der Waals surface area (Å²) in [5, 5.41) is 2.54. The molecule has 0 amide bonds. The lowest BCUT2D eigenvalue weighted by Gasteiger charge is -2.19. The number of quaternary nitrogens is 1. The van der Waals surface area contributed by atoms with Crippen LogP contribution in [0.4, 0.5) is 0 Å². The Hall–Kier alpha value is -1.80. The molecule has 1 aliphatic rings. The van der Waals surface area contributed by atoms with Crippen molar-refractivity contribution in [2.75, 3.05) is 0 Å². The molecule has 1 aliphatic carbocycles. The van der Waals surface area contributed by atoms with Crippen molar-refractivity contribution in [1.29, 1.82) is 0 Å². The Morgan fingerprint density at radius 3 is 2.25 bits per heavy atom. The largest absolute Gasteiger partial charge is 0.488 e. The number of nitrogens with two attached hydrogens (primary N) is 1. The fourth-order valence-corrected chi connectivity index (χ4v) is 3.57. The van der Waals surface area contributed by atoms with Crippen molar-refractivity contribution >= 4 is 0 Å². The average molecular weight is 324 g/mol. The van der Waals surface area contributed by atoms with Gasteiger partial charge in [0.25, 0.3) is 0 Å². The molecule has 0 saturated heterocycles. The molecule has 0 atom stereocenters. The van der Waals surface area contributed by atoms with Crippen LogP contribution in [0.3, 0.4) is 0 Å². The molecule has 2 aromatic carbocycles. The van der Waals surface area contributed by atoms with Crippen LogP contribution in [0, 0.1) is 0 Å². The van der Waals surface area contributed by atoms with Crippen LogP contribution in [-0.4, -0.2) is 6.04 Å². The SMILES string of the molecule is c1ccc(COc2ccccc2C[NH2+]C2CCCCCCC2)cc1. The molecule has 1 fully saturated rings. The van der Waals surface area contributed by atoms with Crippen LogP contribution in [-0.2, 0) is 13.2 Å². The van der Waals surface area contributed by atoms with E-state index in [1.165, 1.54) is 56.1 Å². The third-order valence-corrected chi connectivity index (χ3v) is 5.03. The molecular formula is C22H30NO+. The second kappa shape index (κ2) is 9.48. The fraction of sp³-hybridized carbons (Fsp3) is 0.455. The lowest BCUT2D eigenvalue weighted by Crippen LogP contribution is -2.88. The molecule has 0 spiro atoms. The lowest BCUT2D eigenvalue weighted by atomic mass is 9.96. The zero-order chi connectivity index (χ0) is 16.5. The van der Waals surface area contributed by atoms with Gasteiger partial charge in [-0.3, -0.25) is 0 Å². The zero-order valence-electron chi connectivity index (χ0n) is 14.6. The summed E-state index contributed by atoms with van der Waals surface area (Å²) in [6.07, 6.45) is 9.80. The average Bonchev–Trinajstić information content (AvgIpc) is 2.61. The van der Waals surface area contributed by atoms with Gasteiger partial charge in [0.2, 0.25) is 0 Å². The van der Waals surface area contributed by atoms with Gasteiger partial charge in [0.15, 0.2) is 0 Å². The highest BCUT2D eigenvalue weighted by Gasteiger charge is 2.15. The van der Waals surface area contributed by atoms with Crippen LogP contribution in [0.15, 0.2) is 54.6 Å². The highest BCUT2D eigenvalue weighted by atomic mass is 16.5. The van der Waals surface area contributed by atoms with Crippen LogP contribution < -0.4 is 10.1 Å². The minimum atomic E-state index is 0.640. The lowest BCUT2D eigenvalue weighted by molar-refractivity contribution is -0.706. The first-order chi connectivity index (χ1) is 11.9. The van der Waals surface area contributed by atoms with Gasteiger partial charge in [-0.15, -0.1) is 0 Å². The maximum absolute atomic E-state index is 6.09. The van der Waals surface area contributed by atoms with Crippen molar-refractivity contribution < 1.29 is 10.1 Å². The van der Waals surface area contributed by atoms with Crippen molar-refractivity contribution in [2.45, 2.75) is 64.1 Å². The first kappa shape index (κ1) is 17.0. The summed E-state index contributed by atoms with van der Waals surface area (Å²) < 4.78 is 6.09. The van der Waals surface area contributed by atoms with E-state index in [1.54, 1.807) is 0 Å². The van der Waals surface area contributed by atoms with Crippen LogP contribution in [0.25, 0.3) is 0 Å². The smallest absolute Gasteiger partial charge is 0.128 e. The Balaban J connectivity index is 1.55. The van der Waals surface area contributed by atoms with Crippen molar-refractivity contribution in [2.24, 2.45) is 0 Å². The third kappa shape index (κ3) is 5.38. The molecule has 2 nitrogen and oxygen atoms in total. The number of hydrogen-bond acceptors (Lipinski definition) is 1. The van der Waals surface area contributed by atoms with Crippen LogP contribution in [0.1, 0.15) is 56.1 Å². The Morgan fingerprint density at radius 1 is 0.792 bits per heavy atom. The molecule has 0 heterocycles. The summed E-state index contributed by atoms with van der Waals surface area (Å²) in [5.41, 5.74) is 2.53. The Kier molecular flexibility index (Phi) is 6.73. The van der Waals surface area contributed by atoms with Crippen molar-refractivity contribution in [3.8, 4) is 5.75 Å². The summed E-state index contributed by atoms with van der Waals surface area (Å²) in [6, 6.07) is 19.7. The Bertz CT molecular complexity index is 588. The van der Waals surface area contributed by atoms with Gasteiger partial charge >= 0.3 is 0 Å². The minimum absolute atomic E-state index is 0.640. The van der Waals surface area contributed by atoms with E-state index in [4.69, 9.17) is 4.74 Å². The van der Waals surface area contributed by atoms with E-state index in [0.29, 0.717) is 6.61 Å². The number of rotatable bonds is 6. The predicted molar refractivity (Wildman–Crippen MR) is 99.0 cm³/mol. The molecular weight excluding hydrogens is 294 g/mol. The fourth-order valence-electron chi connectivity index (χ4n) is 3.57. The van der Waals surface area contributed by atoms with Gasteiger partial charge in [-0.25, -0.2) is 0 Å². The first-order valence-electron chi connectivity index (χ1n) is 9.50. The van der Waals surface area contributed by atoms with Gasteiger partial charge in [-0.05, 0) is 43.4 Å². The zero-order valence-corrected chi connectivity index (χ0v) is 14.6. The van der Waals surface area contributed by atoms with E-state index in [9.17, 15) is 0 Å². The molecule has 128 valence electrons. The summed E-state index contributed by atoms with van der Waals surface area (Å²) in [5.74, 6) is 1.03. The van der Waals surface area contributed by atoms with Crippen molar-refractivity contribution in [3.05, 3.63) is 65.7 Å². The van der Waals surface area contributed by atoms with Gasteiger partial charge < -0.3 is 10.1 Å². The van der Waals surface area contributed by atoms with Gasteiger partial charge in [-0.2, -0.15) is 0 Å². The van der Waals surface area contributed by atoms with E-state index >= 15 is 0 Å². The van der Waals surface area contributed by atoms with E-state index in [0.717, 1.165) is 18.3 Å². The second-order valence-electron chi connectivity index (χ2n) is 6.93. The molecule has 0 aromatic heterocycles. The summed E-state index contributed by atoms with van der Waals surface area (Å²) in [7, 11) is 0. The van der Waals surface area contributed by atoms with Gasteiger partial charge in [0.1, 0.15) is 18.9 Å². The van der Waals surface area contributed by atoms with Crippen molar-refractivity contribution in [1.82, 2.24) is 0 Å². The van der Waals surface area contributed by atoms with Crippen LogP contribution in [0.2, 0.25) is 0 Å². The molecule has 0 radical (unpaired) electrons. The number of hydrogen-bond donors (Lipinski definition) is 1. The van der Waals surface area contributed by atoms with Gasteiger partial charge in [0, 0.05) is 5.56 Å². The predicted octanol–water partition coefficient (Wildman–Crippen LogP) is 4.44. The minimum Gasteiger partial charge on any atom is -0.488 e. The maximum Gasteiger partial charge on any atom is 0.128 e. The molecule has 0 bridgehead atoms. The van der Waals surface area contributed by atoms with E-state index < -0.39 is 0 Å². The standard InChI is InChI=1S/C22H29NO/c1-2-7-14-21(15-8-3-1)23-17-20-13-9-10-16-22(20)24-18-19-11-5-4-6-12-19/h4-6,9-13,16,21,23H,1-3,7-8,14-15,17-18H2/p+1. The second-order valence-corrected chi connectivity index (χ2v) is 6.93. The van der Waals surface area contributed by atoms with Crippen molar-refractivity contribution in [3.63, 3.8) is 0 Å². The molecule has 3 rings (SSSR count). The van der Waals surface area contributed by atoms with Gasteiger partial charge in [-0.1, -0.05) is 61.7 Å². The monoisotopic (exact) mass is 324 g/mol. The maximum atomic E-state index is 6.09. The molecule has 0 unspecified atom stereocenters. The number of benzene rings is 2. The molecule has 2 N–H and O–H groups in total. The summed E-state index contributed by atoms with van der Waals surface area (Å²) in [4.78, 5) is 0. The number of para-hydroxylation sites is 1.